The quantitative estimate of drug-likeness (QED) is 0.806. The van der Waals surface area contributed by atoms with Gasteiger partial charge in [-0.15, -0.1) is 0 Å². The van der Waals surface area contributed by atoms with Crippen molar-refractivity contribution < 1.29 is 9.47 Å². The van der Waals surface area contributed by atoms with Crippen LogP contribution in [0.25, 0.3) is 0 Å². The number of ether oxygens (including phenoxy) is 2. The SMILES string of the molecule is CCC(CC)Oc1c(CN)cccc1OC. The molecule has 0 radical (unpaired) electrons. The Balaban J connectivity index is 2.98. The summed E-state index contributed by atoms with van der Waals surface area (Å²) in [5, 5.41) is 0. The molecule has 0 unspecified atom stereocenters. The number of methoxy groups -OCH3 is 1. The molecule has 1 rings (SSSR count). The van der Waals surface area contributed by atoms with Gasteiger partial charge in [0.1, 0.15) is 0 Å². The Bertz CT molecular complexity index is 299. The second-order valence-electron chi connectivity index (χ2n) is 3.71. The van der Waals surface area contributed by atoms with Gasteiger partial charge in [-0.2, -0.15) is 0 Å². The number of benzene rings is 1. The van der Waals surface area contributed by atoms with Crippen molar-refractivity contribution in [1.29, 1.82) is 0 Å². The summed E-state index contributed by atoms with van der Waals surface area (Å²) in [5.41, 5.74) is 6.69. The van der Waals surface area contributed by atoms with E-state index in [0.29, 0.717) is 6.54 Å². The van der Waals surface area contributed by atoms with Crippen molar-refractivity contribution in [3.8, 4) is 11.5 Å². The number of hydrogen-bond acceptors (Lipinski definition) is 3. The molecule has 0 amide bonds. The largest absolute Gasteiger partial charge is 0.493 e. The smallest absolute Gasteiger partial charge is 0.166 e. The lowest BCUT2D eigenvalue weighted by Crippen LogP contribution is -2.16. The molecule has 0 aliphatic rings. The Morgan fingerprint density at radius 1 is 1.25 bits per heavy atom. The van der Waals surface area contributed by atoms with Crippen LogP contribution in [0.1, 0.15) is 32.3 Å². The van der Waals surface area contributed by atoms with Gasteiger partial charge in [-0.3, -0.25) is 0 Å². The summed E-state index contributed by atoms with van der Waals surface area (Å²) in [6.07, 6.45) is 2.19. The first-order valence-electron chi connectivity index (χ1n) is 5.79. The van der Waals surface area contributed by atoms with E-state index >= 15 is 0 Å². The molecule has 3 heteroatoms. The van der Waals surface area contributed by atoms with E-state index in [2.05, 4.69) is 13.8 Å². The van der Waals surface area contributed by atoms with Gasteiger partial charge in [0.25, 0.3) is 0 Å². The highest BCUT2D eigenvalue weighted by Crippen LogP contribution is 2.32. The molecule has 1 aromatic rings. The van der Waals surface area contributed by atoms with E-state index in [1.807, 2.05) is 18.2 Å². The molecule has 90 valence electrons. The Morgan fingerprint density at radius 2 is 1.94 bits per heavy atom. The summed E-state index contributed by atoms with van der Waals surface area (Å²) in [6, 6.07) is 5.80. The van der Waals surface area contributed by atoms with Gasteiger partial charge in [0.15, 0.2) is 11.5 Å². The first-order chi connectivity index (χ1) is 7.76. The molecule has 1 aromatic carbocycles. The highest BCUT2D eigenvalue weighted by Gasteiger charge is 2.13. The van der Waals surface area contributed by atoms with Crippen LogP contribution in [0.4, 0.5) is 0 Å². The molecule has 0 atom stereocenters. The van der Waals surface area contributed by atoms with Crippen molar-refractivity contribution in [2.24, 2.45) is 5.73 Å². The Morgan fingerprint density at radius 3 is 2.44 bits per heavy atom. The van der Waals surface area contributed by atoms with Crippen molar-refractivity contribution in [2.75, 3.05) is 7.11 Å². The summed E-state index contributed by atoms with van der Waals surface area (Å²) < 4.78 is 11.2. The van der Waals surface area contributed by atoms with Crippen LogP contribution in [0.2, 0.25) is 0 Å². The van der Waals surface area contributed by atoms with E-state index in [1.165, 1.54) is 0 Å². The average molecular weight is 223 g/mol. The highest BCUT2D eigenvalue weighted by atomic mass is 16.5. The van der Waals surface area contributed by atoms with E-state index in [4.69, 9.17) is 15.2 Å². The topological polar surface area (TPSA) is 44.5 Å². The lowest BCUT2D eigenvalue weighted by atomic mass is 10.1. The summed E-state index contributed by atoms with van der Waals surface area (Å²) in [4.78, 5) is 0. The first-order valence-corrected chi connectivity index (χ1v) is 5.79. The molecular formula is C13H21NO2. The third kappa shape index (κ3) is 2.89. The Labute approximate surface area is 97.6 Å². The maximum atomic E-state index is 5.95. The van der Waals surface area contributed by atoms with Gasteiger partial charge < -0.3 is 15.2 Å². The molecule has 0 heterocycles. The second-order valence-corrected chi connectivity index (χ2v) is 3.71. The van der Waals surface area contributed by atoms with Crippen LogP contribution >= 0.6 is 0 Å². The van der Waals surface area contributed by atoms with Gasteiger partial charge in [-0.25, -0.2) is 0 Å². The van der Waals surface area contributed by atoms with Crippen molar-refractivity contribution in [3.05, 3.63) is 23.8 Å². The number of para-hydroxylation sites is 1. The predicted octanol–water partition coefficient (Wildman–Crippen LogP) is 2.72. The summed E-state index contributed by atoms with van der Waals surface area (Å²) in [6.45, 7) is 4.70. The van der Waals surface area contributed by atoms with Crippen molar-refractivity contribution >= 4 is 0 Å². The van der Waals surface area contributed by atoms with E-state index < -0.39 is 0 Å². The van der Waals surface area contributed by atoms with Gasteiger partial charge >= 0.3 is 0 Å². The minimum absolute atomic E-state index is 0.224. The zero-order chi connectivity index (χ0) is 12.0. The van der Waals surface area contributed by atoms with E-state index in [9.17, 15) is 0 Å². The molecule has 0 spiro atoms. The minimum atomic E-state index is 0.224. The van der Waals surface area contributed by atoms with Gasteiger partial charge in [0, 0.05) is 12.1 Å². The van der Waals surface area contributed by atoms with E-state index in [-0.39, 0.29) is 6.10 Å². The van der Waals surface area contributed by atoms with Gasteiger partial charge in [-0.1, -0.05) is 26.0 Å². The van der Waals surface area contributed by atoms with Crippen molar-refractivity contribution in [3.63, 3.8) is 0 Å². The van der Waals surface area contributed by atoms with Crippen LogP contribution in [-0.4, -0.2) is 13.2 Å². The molecule has 16 heavy (non-hydrogen) atoms. The average Bonchev–Trinajstić information content (AvgIpc) is 2.35. The number of hydrogen-bond donors (Lipinski definition) is 1. The lowest BCUT2D eigenvalue weighted by molar-refractivity contribution is 0.183. The van der Waals surface area contributed by atoms with Crippen LogP contribution in [0.5, 0.6) is 11.5 Å². The molecule has 0 aliphatic carbocycles. The maximum Gasteiger partial charge on any atom is 0.166 e. The van der Waals surface area contributed by atoms with E-state index in [0.717, 1.165) is 29.9 Å². The van der Waals surface area contributed by atoms with Crippen LogP contribution in [0.3, 0.4) is 0 Å². The van der Waals surface area contributed by atoms with Gasteiger partial charge in [-0.05, 0) is 18.9 Å². The minimum Gasteiger partial charge on any atom is -0.493 e. The summed E-state index contributed by atoms with van der Waals surface area (Å²) >= 11 is 0. The monoisotopic (exact) mass is 223 g/mol. The fourth-order valence-electron chi connectivity index (χ4n) is 1.64. The molecule has 0 bridgehead atoms. The van der Waals surface area contributed by atoms with Crippen molar-refractivity contribution in [2.45, 2.75) is 39.3 Å². The molecular weight excluding hydrogens is 202 g/mol. The summed E-state index contributed by atoms with van der Waals surface area (Å²) in [7, 11) is 1.65. The maximum absolute atomic E-state index is 5.95. The second kappa shape index (κ2) is 6.38. The normalized spacial score (nSPS) is 10.6. The zero-order valence-corrected chi connectivity index (χ0v) is 10.3. The third-order valence-corrected chi connectivity index (χ3v) is 2.70. The molecule has 3 nitrogen and oxygen atoms in total. The Hall–Kier alpha value is -1.22. The van der Waals surface area contributed by atoms with Crippen molar-refractivity contribution in [1.82, 2.24) is 0 Å². The fraction of sp³-hybridized carbons (Fsp3) is 0.538. The zero-order valence-electron chi connectivity index (χ0n) is 10.3. The molecule has 2 N–H and O–H groups in total. The number of nitrogens with two attached hydrogens (primary N) is 1. The highest BCUT2D eigenvalue weighted by molar-refractivity contribution is 5.46. The fourth-order valence-corrected chi connectivity index (χ4v) is 1.64. The number of rotatable bonds is 6. The molecule has 0 saturated heterocycles. The Kier molecular flexibility index (Phi) is 5.12. The molecule has 0 saturated carbocycles. The van der Waals surface area contributed by atoms with Gasteiger partial charge in [0.05, 0.1) is 13.2 Å². The standard InChI is InChI=1S/C13H21NO2/c1-4-11(5-2)16-13-10(9-14)7-6-8-12(13)15-3/h6-8,11H,4-5,9,14H2,1-3H3. The molecule has 0 aromatic heterocycles. The summed E-state index contributed by atoms with van der Waals surface area (Å²) in [5.74, 6) is 1.55. The van der Waals surface area contributed by atoms with E-state index in [1.54, 1.807) is 7.11 Å². The predicted molar refractivity (Wildman–Crippen MR) is 65.9 cm³/mol. The first kappa shape index (κ1) is 12.8. The third-order valence-electron chi connectivity index (χ3n) is 2.70. The van der Waals surface area contributed by atoms with Gasteiger partial charge in [0.2, 0.25) is 0 Å². The lowest BCUT2D eigenvalue weighted by Gasteiger charge is -2.20. The van der Waals surface area contributed by atoms with Crippen LogP contribution in [-0.2, 0) is 6.54 Å². The molecule has 0 aliphatic heterocycles. The van der Waals surface area contributed by atoms with Crippen LogP contribution < -0.4 is 15.2 Å². The van der Waals surface area contributed by atoms with Crippen LogP contribution in [0.15, 0.2) is 18.2 Å². The molecule has 0 fully saturated rings. The van der Waals surface area contributed by atoms with Crippen LogP contribution in [0, 0.1) is 0 Å².